The number of anilines is 1. The fourth-order valence-corrected chi connectivity index (χ4v) is 3.31. The average molecular weight is 297 g/mol. The van der Waals surface area contributed by atoms with Gasteiger partial charge in [-0.3, -0.25) is 4.79 Å². The summed E-state index contributed by atoms with van der Waals surface area (Å²) < 4.78 is 0. The van der Waals surface area contributed by atoms with Crippen molar-refractivity contribution in [3.05, 3.63) is 54.6 Å². The Labute approximate surface area is 134 Å². The summed E-state index contributed by atoms with van der Waals surface area (Å²) in [7, 11) is 0. The van der Waals surface area contributed by atoms with E-state index in [4.69, 9.17) is 0 Å². The number of hydrogen-bond donors (Lipinski definition) is 1. The van der Waals surface area contributed by atoms with Crippen LogP contribution < -0.4 is 5.32 Å². The number of carbonyl (C=O) groups excluding carboxylic acids is 1. The first-order chi connectivity index (χ1) is 10.7. The third kappa shape index (κ3) is 4.87. The molecule has 1 fully saturated rings. The molecule has 0 unspecified atom stereocenters. The zero-order valence-corrected chi connectivity index (χ0v) is 13.6. The molecule has 118 valence electrons. The van der Waals surface area contributed by atoms with Gasteiger partial charge in [-0.05, 0) is 81.1 Å². The second-order valence-corrected chi connectivity index (χ2v) is 6.18. The van der Waals surface area contributed by atoms with Crippen LogP contribution in [0.4, 0.5) is 5.69 Å². The van der Waals surface area contributed by atoms with Crippen LogP contribution in [0.2, 0.25) is 0 Å². The molecule has 2 heteroatoms. The van der Waals surface area contributed by atoms with Crippen LogP contribution in [0.5, 0.6) is 0 Å². The molecule has 0 aromatic heterocycles. The molecule has 1 amide bonds. The van der Waals surface area contributed by atoms with Crippen LogP contribution in [0.15, 0.2) is 49.1 Å². The minimum Gasteiger partial charge on any atom is -0.323 e. The summed E-state index contributed by atoms with van der Waals surface area (Å²) in [6.45, 7) is 5.56. The molecule has 0 aliphatic heterocycles. The number of amides is 1. The lowest BCUT2D eigenvalue weighted by molar-refractivity contribution is -0.111. The van der Waals surface area contributed by atoms with Crippen molar-refractivity contribution in [2.45, 2.75) is 51.4 Å². The SMILES string of the molecule is C=CC(=O)Nc1ccc(C2CCC(CC/C=C/C)CC2)cc1. The van der Waals surface area contributed by atoms with E-state index in [1.54, 1.807) is 0 Å². The quantitative estimate of drug-likeness (QED) is 0.549. The van der Waals surface area contributed by atoms with Crippen molar-refractivity contribution in [3.8, 4) is 0 Å². The molecule has 2 nitrogen and oxygen atoms in total. The van der Waals surface area contributed by atoms with Gasteiger partial charge < -0.3 is 5.32 Å². The van der Waals surface area contributed by atoms with Gasteiger partial charge in [0.1, 0.15) is 0 Å². The predicted octanol–water partition coefficient (Wildman–Crippen LogP) is 5.44. The molecule has 0 radical (unpaired) electrons. The topological polar surface area (TPSA) is 29.1 Å². The summed E-state index contributed by atoms with van der Waals surface area (Å²) in [5, 5.41) is 2.79. The van der Waals surface area contributed by atoms with E-state index in [1.807, 2.05) is 12.1 Å². The maximum atomic E-state index is 11.3. The highest BCUT2D eigenvalue weighted by atomic mass is 16.1. The van der Waals surface area contributed by atoms with Gasteiger partial charge in [-0.25, -0.2) is 0 Å². The minimum absolute atomic E-state index is 0.158. The first-order valence-corrected chi connectivity index (χ1v) is 8.37. The normalized spacial score (nSPS) is 21.7. The van der Waals surface area contributed by atoms with Gasteiger partial charge in [0.05, 0.1) is 0 Å². The smallest absolute Gasteiger partial charge is 0.247 e. The minimum atomic E-state index is -0.158. The monoisotopic (exact) mass is 297 g/mol. The van der Waals surface area contributed by atoms with Gasteiger partial charge in [0.25, 0.3) is 0 Å². The van der Waals surface area contributed by atoms with Crippen molar-refractivity contribution in [3.63, 3.8) is 0 Å². The number of allylic oxidation sites excluding steroid dienone is 2. The maximum Gasteiger partial charge on any atom is 0.247 e. The highest BCUT2D eigenvalue weighted by molar-refractivity contribution is 5.98. The molecule has 1 aliphatic rings. The van der Waals surface area contributed by atoms with Gasteiger partial charge in [0.2, 0.25) is 5.91 Å². The third-order valence-corrected chi connectivity index (χ3v) is 4.66. The molecule has 1 aromatic carbocycles. The summed E-state index contributed by atoms with van der Waals surface area (Å²) in [4.78, 5) is 11.3. The van der Waals surface area contributed by atoms with Gasteiger partial charge in [-0.2, -0.15) is 0 Å². The van der Waals surface area contributed by atoms with E-state index in [0.717, 1.165) is 11.6 Å². The van der Waals surface area contributed by atoms with Crippen molar-refractivity contribution in [1.29, 1.82) is 0 Å². The Bertz CT molecular complexity index is 507. The van der Waals surface area contributed by atoms with Crippen LogP contribution in [-0.4, -0.2) is 5.91 Å². The van der Waals surface area contributed by atoms with Crippen LogP contribution in [-0.2, 0) is 4.79 Å². The standard InChI is InChI=1S/C20H27NO/c1-3-5-6-7-16-8-10-17(11-9-16)18-12-14-19(15-13-18)21-20(22)4-2/h3-5,12-17H,2,6-11H2,1H3,(H,21,22)/b5-3+. The molecule has 2 rings (SSSR count). The van der Waals surface area contributed by atoms with Gasteiger partial charge >= 0.3 is 0 Å². The van der Waals surface area contributed by atoms with Crippen molar-refractivity contribution < 1.29 is 4.79 Å². The second-order valence-electron chi connectivity index (χ2n) is 6.18. The number of nitrogens with one attached hydrogen (secondary N) is 1. The number of hydrogen-bond acceptors (Lipinski definition) is 1. The largest absolute Gasteiger partial charge is 0.323 e. The van der Waals surface area contributed by atoms with Crippen LogP contribution in [0.25, 0.3) is 0 Å². The van der Waals surface area contributed by atoms with E-state index >= 15 is 0 Å². The highest BCUT2D eigenvalue weighted by Gasteiger charge is 2.21. The Morgan fingerprint density at radius 2 is 1.91 bits per heavy atom. The Balaban J connectivity index is 1.83. The molecule has 1 aromatic rings. The van der Waals surface area contributed by atoms with Crippen molar-refractivity contribution in [2.24, 2.45) is 5.92 Å². The fraction of sp³-hybridized carbons (Fsp3) is 0.450. The zero-order valence-electron chi connectivity index (χ0n) is 13.6. The summed E-state index contributed by atoms with van der Waals surface area (Å²) >= 11 is 0. The number of rotatable bonds is 6. The summed E-state index contributed by atoms with van der Waals surface area (Å²) in [5.74, 6) is 1.43. The molecule has 1 aliphatic carbocycles. The molecule has 22 heavy (non-hydrogen) atoms. The summed E-state index contributed by atoms with van der Waals surface area (Å²) in [6, 6.07) is 8.30. The van der Waals surface area contributed by atoms with E-state index in [0.29, 0.717) is 5.92 Å². The molecule has 0 heterocycles. The van der Waals surface area contributed by atoms with Gasteiger partial charge in [-0.1, -0.05) is 30.9 Å². The Kier molecular flexibility index (Phi) is 6.45. The number of carbonyl (C=O) groups is 1. The van der Waals surface area contributed by atoms with E-state index in [9.17, 15) is 4.79 Å². The van der Waals surface area contributed by atoms with E-state index in [1.165, 1.54) is 50.2 Å². The van der Waals surface area contributed by atoms with Crippen molar-refractivity contribution >= 4 is 11.6 Å². The molecular weight excluding hydrogens is 270 g/mol. The first-order valence-electron chi connectivity index (χ1n) is 8.37. The van der Waals surface area contributed by atoms with Gasteiger partial charge in [0.15, 0.2) is 0 Å². The predicted molar refractivity (Wildman–Crippen MR) is 94.0 cm³/mol. The van der Waals surface area contributed by atoms with Crippen LogP contribution in [0, 0.1) is 5.92 Å². The third-order valence-electron chi connectivity index (χ3n) is 4.66. The van der Waals surface area contributed by atoms with Crippen molar-refractivity contribution in [1.82, 2.24) is 0 Å². The molecule has 0 bridgehead atoms. The number of benzene rings is 1. The summed E-state index contributed by atoms with van der Waals surface area (Å²) in [6.07, 6.45) is 13.6. The second kappa shape index (κ2) is 8.57. The Hall–Kier alpha value is -1.83. The van der Waals surface area contributed by atoms with E-state index < -0.39 is 0 Å². The molecular formula is C20H27NO. The van der Waals surface area contributed by atoms with Crippen LogP contribution in [0.3, 0.4) is 0 Å². The molecule has 0 spiro atoms. The fourth-order valence-electron chi connectivity index (χ4n) is 3.31. The lowest BCUT2D eigenvalue weighted by Gasteiger charge is -2.28. The molecule has 1 N–H and O–H groups in total. The van der Waals surface area contributed by atoms with Gasteiger partial charge in [-0.15, -0.1) is 0 Å². The molecule has 0 atom stereocenters. The Morgan fingerprint density at radius 3 is 2.50 bits per heavy atom. The van der Waals surface area contributed by atoms with E-state index in [-0.39, 0.29) is 5.91 Å². The zero-order chi connectivity index (χ0) is 15.8. The lowest BCUT2D eigenvalue weighted by Crippen LogP contribution is -2.13. The lowest BCUT2D eigenvalue weighted by atomic mass is 9.77. The van der Waals surface area contributed by atoms with E-state index in [2.05, 4.69) is 43.1 Å². The first kappa shape index (κ1) is 16.5. The summed E-state index contributed by atoms with van der Waals surface area (Å²) in [5.41, 5.74) is 2.25. The highest BCUT2D eigenvalue weighted by Crippen LogP contribution is 2.37. The Morgan fingerprint density at radius 1 is 1.23 bits per heavy atom. The molecule has 1 saturated carbocycles. The van der Waals surface area contributed by atoms with Crippen LogP contribution in [0.1, 0.15) is 56.9 Å². The average Bonchev–Trinajstić information content (AvgIpc) is 2.56. The maximum absolute atomic E-state index is 11.3. The van der Waals surface area contributed by atoms with Gasteiger partial charge in [0, 0.05) is 5.69 Å². The van der Waals surface area contributed by atoms with Crippen molar-refractivity contribution in [2.75, 3.05) is 5.32 Å². The molecule has 0 saturated heterocycles. The van der Waals surface area contributed by atoms with Crippen LogP contribution >= 0.6 is 0 Å².